The van der Waals surface area contributed by atoms with Crippen molar-refractivity contribution in [2.24, 2.45) is 13.0 Å². The van der Waals surface area contributed by atoms with E-state index in [-0.39, 0.29) is 11.8 Å². The summed E-state index contributed by atoms with van der Waals surface area (Å²) in [6, 6.07) is 17.6. The molecule has 3 saturated heterocycles. The number of methoxy groups -OCH3 is 2. The predicted molar refractivity (Wildman–Crippen MR) is 140 cm³/mol. The largest absolute Gasteiger partial charge is 0.493 e. The first-order chi connectivity index (χ1) is 17.4. The number of hydrogen-bond donors (Lipinski definition) is 1. The monoisotopic (exact) mass is 510 g/mol. The number of ether oxygens (including phenoxy) is 2. The Morgan fingerprint density at radius 2 is 1.83 bits per heavy atom. The van der Waals surface area contributed by atoms with E-state index in [1.54, 1.807) is 14.2 Å². The van der Waals surface area contributed by atoms with Crippen molar-refractivity contribution in [1.82, 2.24) is 19.4 Å². The molecule has 2 aromatic carbocycles. The molecule has 0 amide bonds. The maximum atomic E-state index is 12.6. The normalized spacial score (nSPS) is 23.5. The minimum atomic E-state index is -3.37. The van der Waals surface area contributed by atoms with E-state index in [0.717, 1.165) is 42.8 Å². The molecule has 8 nitrogen and oxygen atoms in total. The minimum Gasteiger partial charge on any atom is -0.493 e. The predicted octanol–water partition coefficient (Wildman–Crippen LogP) is 3.40. The number of nitrogens with one attached hydrogen (secondary N) is 1. The first-order valence-electron chi connectivity index (χ1n) is 12.4. The molecule has 9 heteroatoms. The molecule has 4 unspecified atom stereocenters. The molecule has 0 saturated carbocycles. The van der Waals surface area contributed by atoms with Crippen LogP contribution in [0.5, 0.6) is 11.5 Å². The van der Waals surface area contributed by atoms with Crippen LogP contribution in [0.15, 0.2) is 54.6 Å². The molecule has 3 aromatic rings. The van der Waals surface area contributed by atoms with E-state index in [0.29, 0.717) is 29.9 Å². The highest BCUT2D eigenvalue weighted by Crippen LogP contribution is 2.42. The Morgan fingerprint density at radius 3 is 2.53 bits per heavy atom. The number of sulfonamides is 1. The van der Waals surface area contributed by atoms with Crippen molar-refractivity contribution in [3.05, 3.63) is 65.9 Å². The maximum absolute atomic E-state index is 12.6. The number of rotatable bonds is 9. The van der Waals surface area contributed by atoms with Gasteiger partial charge in [-0.1, -0.05) is 30.3 Å². The molecule has 0 aliphatic carbocycles. The van der Waals surface area contributed by atoms with Gasteiger partial charge in [-0.05, 0) is 55.1 Å². The number of nitrogens with zero attached hydrogens (tertiary/aromatic N) is 3. The molecule has 3 aliphatic rings. The molecule has 4 heterocycles. The van der Waals surface area contributed by atoms with E-state index in [2.05, 4.69) is 15.7 Å². The number of hydrogen-bond acceptors (Lipinski definition) is 6. The molecule has 3 aliphatic heterocycles. The van der Waals surface area contributed by atoms with Crippen LogP contribution in [-0.2, 0) is 22.8 Å². The smallest absolute Gasteiger partial charge is 0.215 e. The molecule has 192 valence electrons. The third-order valence-electron chi connectivity index (χ3n) is 7.59. The van der Waals surface area contributed by atoms with Crippen molar-refractivity contribution < 1.29 is 17.9 Å². The number of aryl methyl sites for hydroxylation is 1. The topological polar surface area (TPSA) is 85.7 Å². The summed E-state index contributed by atoms with van der Waals surface area (Å²) in [5.74, 6) is 2.28. The molecule has 1 N–H and O–H groups in total. The molecular weight excluding hydrogens is 476 g/mol. The standard InChI is InChI=1S/C27H34N4O4S/c1-30-25(15-24(29-30)21-9-10-26(34-2)27(14-21)35-3)23-17-31-12-11-20(23)13-22(31)16-28-36(32,33)18-19-7-5-4-6-8-19/h4-10,14-15,20,22-23,28H,11-13,16-18H2,1-3H3. The summed E-state index contributed by atoms with van der Waals surface area (Å²) in [6.07, 6.45) is 2.10. The summed E-state index contributed by atoms with van der Waals surface area (Å²) in [4.78, 5) is 2.44. The van der Waals surface area contributed by atoms with Crippen molar-refractivity contribution in [1.29, 1.82) is 0 Å². The zero-order valence-corrected chi connectivity index (χ0v) is 21.9. The van der Waals surface area contributed by atoms with E-state index in [9.17, 15) is 8.42 Å². The van der Waals surface area contributed by atoms with Gasteiger partial charge in [-0.25, -0.2) is 13.1 Å². The summed E-state index contributed by atoms with van der Waals surface area (Å²) in [5, 5.41) is 4.81. The molecule has 2 bridgehead atoms. The summed E-state index contributed by atoms with van der Waals surface area (Å²) in [5.41, 5.74) is 3.92. The van der Waals surface area contributed by atoms with Crippen LogP contribution in [0.1, 0.15) is 30.0 Å². The second-order valence-electron chi connectivity index (χ2n) is 9.78. The fraction of sp³-hybridized carbons (Fsp3) is 0.444. The van der Waals surface area contributed by atoms with Crippen LogP contribution in [0, 0.1) is 5.92 Å². The molecule has 0 spiro atoms. The second kappa shape index (κ2) is 10.2. The van der Waals surface area contributed by atoms with Crippen molar-refractivity contribution in [2.45, 2.75) is 30.6 Å². The Kier molecular flexibility index (Phi) is 7.05. The van der Waals surface area contributed by atoms with Gasteiger partial charge < -0.3 is 9.47 Å². The SMILES string of the molecule is COc1ccc(-c2cc(C3CN4CCC3CC4CNS(=O)(=O)Cc3ccccc3)n(C)n2)cc1OC. The van der Waals surface area contributed by atoms with Gasteiger partial charge in [0.25, 0.3) is 0 Å². The summed E-state index contributed by atoms with van der Waals surface area (Å²) < 4.78 is 41.0. The highest BCUT2D eigenvalue weighted by Gasteiger charge is 2.42. The molecular formula is C27H34N4O4S. The third kappa shape index (κ3) is 5.14. The Bertz CT molecular complexity index is 1310. The van der Waals surface area contributed by atoms with Gasteiger partial charge in [-0.3, -0.25) is 9.58 Å². The molecule has 6 rings (SSSR count). The lowest BCUT2D eigenvalue weighted by atomic mass is 9.74. The molecule has 4 atom stereocenters. The lowest BCUT2D eigenvalue weighted by Gasteiger charge is -2.50. The summed E-state index contributed by atoms with van der Waals surface area (Å²) in [6.45, 7) is 2.38. The molecule has 0 radical (unpaired) electrons. The van der Waals surface area contributed by atoms with E-state index in [1.165, 1.54) is 5.69 Å². The van der Waals surface area contributed by atoms with Crippen LogP contribution in [-0.4, -0.2) is 63.0 Å². The second-order valence-corrected chi connectivity index (χ2v) is 11.6. The Hall–Kier alpha value is -2.88. The van der Waals surface area contributed by atoms with Crippen LogP contribution in [0.4, 0.5) is 0 Å². The quantitative estimate of drug-likeness (QED) is 0.475. The first kappa shape index (κ1) is 24.8. The number of piperidine rings is 3. The number of benzene rings is 2. The van der Waals surface area contributed by atoms with Crippen LogP contribution >= 0.6 is 0 Å². The molecule has 3 fully saturated rings. The molecule has 1 aromatic heterocycles. The Balaban J connectivity index is 1.26. The average Bonchev–Trinajstić information content (AvgIpc) is 3.29. The van der Waals surface area contributed by atoms with Crippen LogP contribution < -0.4 is 14.2 Å². The Labute approximate surface area is 213 Å². The van der Waals surface area contributed by atoms with Crippen LogP contribution in [0.25, 0.3) is 11.3 Å². The highest BCUT2D eigenvalue weighted by atomic mass is 32.2. The number of fused-ring (bicyclic) bond motifs is 3. The summed E-state index contributed by atoms with van der Waals surface area (Å²) in [7, 11) is 1.90. The maximum Gasteiger partial charge on any atom is 0.215 e. The van der Waals surface area contributed by atoms with Gasteiger partial charge in [0.1, 0.15) is 0 Å². The first-order valence-corrected chi connectivity index (χ1v) is 14.0. The van der Waals surface area contributed by atoms with Crippen molar-refractivity contribution in [3.8, 4) is 22.8 Å². The lowest BCUT2D eigenvalue weighted by molar-refractivity contribution is 0.0306. The number of aromatic nitrogens is 2. The highest BCUT2D eigenvalue weighted by molar-refractivity contribution is 7.88. The summed E-state index contributed by atoms with van der Waals surface area (Å²) >= 11 is 0. The van der Waals surface area contributed by atoms with Crippen LogP contribution in [0.3, 0.4) is 0 Å². The van der Waals surface area contributed by atoms with E-state index in [4.69, 9.17) is 14.6 Å². The fourth-order valence-corrected chi connectivity index (χ4v) is 6.90. The third-order valence-corrected chi connectivity index (χ3v) is 8.91. The van der Waals surface area contributed by atoms with Gasteiger partial charge >= 0.3 is 0 Å². The van der Waals surface area contributed by atoms with Gasteiger partial charge in [0.2, 0.25) is 10.0 Å². The Morgan fingerprint density at radius 1 is 1.06 bits per heavy atom. The zero-order chi connectivity index (χ0) is 25.3. The van der Waals surface area contributed by atoms with Gasteiger partial charge in [-0.15, -0.1) is 0 Å². The van der Waals surface area contributed by atoms with Gasteiger partial charge in [0, 0.05) is 43.4 Å². The van der Waals surface area contributed by atoms with Crippen molar-refractivity contribution in [2.75, 3.05) is 33.9 Å². The minimum absolute atomic E-state index is 0.0144. The fourth-order valence-electron chi connectivity index (χ4n) is 5.72. The van der Waals surface area contributed by atoms with Crippen molar-refractivity contribution in [3.63, 3.8) is 0 Å². The van der Waals surface area contributed by atoms with Crippen LogP contribution in [0.2, 0.25) is 0 Å². The van der Waals surface area contributed by atoms with E-state index in [1.807, 2.05) is 60.3 Å². The van der Waals surface area contributed by atoms with E-state index < -0.39 is 10.0 Å². The van der Waals surface area contributed by atoms with Gasteiger partial charge in [0.15, 0.2) is 11.5 Å². The molecule has 36 heavy (non-hydrogen) atoms. The van der Waals surface area contributed by atoms with E-state index >= 15 is 0 Å². The zero-order valence-electron chi connectivity index (χ0n) is 21.1. The van der Waals surface area contributed by atoms with Crippen molar-refractivity contribution >= 4 is 10.0 Å². The lowest BCUT2D eigenvalue weighted by Crippen LogP contribution is -2.56. The van der Waals surface area contributed by atoms with Gasteiger partial charge in [0.05, 0.1) is 25.7 Å². The van der Waals surface area contributed by atoms with Gasteiger partial charge in [-0.2, -0.15) is 5.10 Å². The average molecular weight is 511 g/mol.